The molecule has 2 aliphatic rings. The quantitative estimate of drug-likeness (QED) is 0.894. The first-order chi connectivity index (χ1) is 9.13. The number of benzene rings is 1. The number of aliphatic hydroxyl groups excluding tert-OH is 1. The van der Waals surface area contributed by atoms with E-state index in [1.165, 1.54) is 19.3 Å². The molecule has 0 aliphatic heterocycles. The van der Waals surface area contributed by atoms with Gasteiger partial charge in [0.25, 0.3) is 0 Å². The molecule has 0 heterocycles. The molecule has 0 saturated heterocycles. The molecule has 2 nitrogen and oxygen atoms in total. The fraction of sp³-hybridized carbons (Fsp3) is 0.600. The smallest absolute Gasteiger partial charge is 0.0654 e. The van der Waals surface area contributed by atoms with E-state index < -0.39 is 0 Å². The van der Waals surface area contributed by atoms with Crippen LogP contribution in [0.5, 0.6) is 0 Å². The Morgan fingerprint density at radius 3 is 2.47 bits per heavy atom. The van der Waals surface area contributed by atoms with Crippen LogP contribution in [0.15, 0.2) is 18.2 Å². The van der Waals surface area contributed by atoms with Gasteiger partial charge >= 0.3 is 0 Å². The Morgan fingerprint density at radius 2 is 1.89 bits per heavy atom. The minimum atomic E-state index is -0.349. The van der Waals surface area contributed by atoms with Gasteiger partial charge in [-0.1, -0.05) is 35.7 Å². The molecule has 4 atom stereocenters. The van der Waals surface area contributed by atoms with Gasteiger partial charge in [-0.25, -0.2) is 0 Å². The van der Waals surface area contributed by atoms with E-state index >= 15 is 0 Å². The summed E-state index contributed by atoms with van der Waals surface area (Å²) in [6.45, 7) is 0.440. The molecule has 0 amide bonds. The summed E-state index contributed by atoms with van der Waals surface area (Å²) in [5.41, 5.74) is 6.87. The van der Waals surface area contributed by atoms with Gasteiger partial charge in [0.2, 0.25) is 0 Å². The summed E-state index contributed by atoms with van der Waals surface area (Å²) in [6, 6.07) is 5.54. The van der Waals surface area contributed by atoms with E-state index in [1.54, 1.807) is 6.07 Å². The van der Waals surface area contributed by atoms with Crippen LogP contribution in [0.4, 0.5) is 0 Å². The van der Waals surface area contributed by atoms with Crippen molar-refractivity contribution in [1.82, 2.24) is 0 Å². The number of fused-ring (bicyclic) bond motifs is 1. The highest BCUT2D eigenvalue weighted by atomic mass is 35.5. The van der Waals surface area contributed by atoms with Crippen molar-refractivity contribution in [3.05, 3.63) is 33.8 Å². The molecular weight excluding hydrogens is 281 g/mol. The maximum atomic E-state index is 10.6. The van der Waals surface area contributed by atoms with E-state index in [9.17, 15) is 5.11 Å². The molecule has 2 saturated carbocycles. The van der Waals surface area contributed by atoms with Crippen molar-refractivity contribution >= 4 is 23.2 Å². The Morgan fingerprint density at radius 1 is 1.21 bits per heavy atom. The monoisotopic (exact) mass is 299 g/mol. The predicted octanol–water partition coefficient (Wildman–Crippen LogP) is 3.44. The SMILES string of the molecule is NCC(c1ccc(Cl)c(Cl)c1)C(O)C1C2CCCC21. The van der Waals surface area contributed by atoms with Crippen molar-refractivity contribution in [3.8, 4) is 0 Å². The zero-order valence-electron chi connectivity index (χ0n) is 10.7. The Bertz CT molecular complexity index is 469. The molecule has 19 heavy (non-hydrogen) atoms. The number of nitrogens with two attached hydrogens (primary N) is 1. The standard InChI is InChI=1S/C15H19Cl2NO/c16-12-5-4-8(6-13(12)17)11(7-18)15(19)14-9-2-1-3-10(9)14/h4-6,9-11,14-15,19H,1-3,7,18H2. The molecule has 0 radical (unpaired) electrons. The molecule has 2 fully saturated rings. The molecule has 3 N–H and O–H groups in total. The number of hydrogen-bond donors (Lipinski definition) is 2. The van der Waals surface area contributed by atoms with Gasteiger partial charge in [-0.05, 0) is 48.3 Å². The lowest BCUT2D eigenvalue weighted by Crippen LogP contribution is -2.29. The van der Waals surface area contributed by atoms with Gasteiger partial charge in [-0.2, -0.15) is 0 Å². The highest BCUT2D eigenvalue weighted by Gasteiger charge is 2.56. The summed E-state index contributed by atoms with van der Waals surface area (Å²) in [5, 5.41) is 11.7. The molecule has 0 bridgehead atoms. The number of rotatable bonds is 4. The number of hydrogen-bond acceptors (Lipinski definition) is 2. The van der Waals surface area contributed by atoms with Crippen LogP contribution in [0.3, 0.4) is 0 Å². The number of aliphatic hydroxyl groups is 1. The summed E-state index contributed by atoms with van der Waals surface area (Å²) in [4.78, 5) is 0. The molecule has 3 rings (SSSR count). The Kier molecular flexibility index (Phi) is 3.78. The molecular formula is C15H19Cl2NO. The van der Waals surface area contributed by atoms with Gasteiger partial charge in [-0.3, -0.25) is 0 Å². The zero-order valence-corrected chi connectivity index (χ0v) is 12.2. The topological polar surface area (TPSA) is 46.2 Å². The maximum absolute atomic E-state index is 10.6. The van der Waals surface area contributed by atoms with Crippen molar-refractivity contribution in [1.29, 1.82) is 0 Å². The fourth-order valence-corrected chi connectivity index (χ4v) is 4.17. The highest BCUT2D eigenvalue weighted by molar-refractivity contribution is 6.42. The normalized spacial score (nSPS) is 31.9. The van der Waals surface area contributed by atoms with Crippen LogP contribution in [-0.2, 0) is 0 Å². The largest absolute Gasteiger partial charge is 0.392 e. The third kappa shape index (κ3) is 2.40. The summed E-state index contributed by atoms with van der Waals surface area (Å²) in [5.74, 6) is 1.86. The molecule has 0 aromatic heterocycles. The van der Waals surface area contributed by atoms with Gasteiger partial charge < -0.3 is 10.8 Å². The molecule has 1 aromatic carbocycles. The average molecular weight is 300 g/mol. The highest BCUT2D eigenvalue weighted by Crippen LogP contribution is 2.60. The summed E-state index contributed by atoms with van der Waals surface area (Å²) in [7, 11) is 0. The van der Waals surface area contributed by atoms with Crippen LogP contribution < -0.4 is 5.73 Å². The minimum absolute atomic E-state index is 0.0367. The van der Waals surface area contributed by atoms with Gasteiger partial charge in [0, 0.05) is 12.5 Å². The minimum Gasteiger partial charge on any atom is -0.392 e. The Labute approximate surface area is 123 Å². The van der Waals surface area contributed by atoms with Crippen molar-refractivity contribution in [3.63, 3.8) is 0 Å². The first kappa shape index (κ1) is 13.7. The van der Waals surface area contributed by atoms with Crippen molar-refractivity contribution in [2.45, 2.75) is 31.3 Å². The first-order valence-electron chi connectivity index (χ1n) is 6.96. The van der Waals surface area contributed by atoms with Gasteiger partial charge in [0.15, 0.2) is 0 Å². The Hall–Kier alpha value is -0.280. The van der Waals surface area contributed by atoms with E-state index in [0.717, 1.165) is 17.4 Å². The van der Waals surface area contributed by atoms with Crippen LogP contribution >= 0.6 is 23.2 Å². The van der Waals surface area contributed by atoms with E-state index in [0.29, 0.717) is 22.5 Å². The molecule has 4 heteroatoms. The number of halogens is 2. The summed E-state index contributed by atoms with van der Waals surface area (Å²) in [6.07, 6.45) is 3.51. The van der Waals surface area contributed by atoms with E-state index in [2.05, 4.69) is 0 Å². The lowest BCUT2D eigenvalue weighted by atomic mass is 9.88. The van der Waals surface area contributed by atoms with E-state index in [1.807, 2.05) is 12.1 Å². The van der Waals surface area contributed by atoms with Crippen LogP contribution in [0.2, 0.25) is 10.0 Å². The third-order valence-corrected chi connectivity index (χ3v) is 5.64. The fourth-order valence-electron chi connectivity index (χ4n) is 3.87. The molecule has 1 aromatic rings. The van der Waals surface area contributed by atoms with Gasteiger partial charge in [0.1, 0.15) is 0 Å². The molecule has 104 valence electrons. The zero-order chi connectivity index (χ0) is 13.6. The first-order valence-corrected chi connectivity index (χ1v) is 7.72. The summed E-state index contributed by atoms with van der Waals surface area (Å²) < 4.78 is 0. The van der Waals surface area contributed by atoms with Gasteiger partial charge in [-0.15, -0.1) is 0 Å². The van der Waals surface area contributed by atoms with Crippen LogP contribution in [-0.4, -0.2) is 17.8 Å². The lowest BCUT2D eigenvalue weighted by molar-refractivity contribution is 0.108. The van der Waals surface area contributed by atoms with Gasteiger partial charge in [0.05, 0.1) is 16.1 Å². The van der Waals surface area contributed by atoms with Crippen LogP contribution in [0.25, 0.3) is 0 Å². The maximum Gasteiger partial charge on any atom is 0.0654 e. The molecule has 0 spiro atoms. The third-order valence-electron chi connectivity index (χ3n) is 4.91. The van der Waals surface area contributed by atoms with E-state index in [-0.39, 0.29) is 12.0 Å². The second kappa shape index (κ2) is 5.25. The molecule has 4 unspecified atom stereocenters. The van der Waals surface area contributed by atoms with E-state index in [4.69, 9.17) is 28.9 Å². The average Bonchev–Trinajstić information content (AvgIpc) is 2.88. The second-order valence-electron chi connectivity index (χ2n) is 5.84. The predicted molar refractivity (Wildman–Crippen MR) is 78.6 cm³/mol. The van der Waals surface area contributed by atoms with Crippen LogP contribution in [0.1, 0.15) is 30.7 Å². The van der Waals surface area contributed by atoms with Crippen molar-refractivity contribution in [2.75, 3.05) is 6.54 Å². The van der Waals surface area contributed by atoms with Crippen molar-refractivity contribution in [2.24, 2.45) is 23.5 Å². The second-order valence-corrected chi connectivity index (χ2v) is 6.66. The summed E-state index contributed by atoms with van der Waals surface area (Å²) >= 11 is 12.0. The van der Waals surface area contributed by atoms with Crippen LogP contribution in [0, 0.1) is 17.8 Å². The molecule has 2 aliphatic carbocycles. The Balaban J connectivity index is 1.78. The lowest BCUT2D eigenvalue weighted by Gasteiger charge is -2.23. The van der Waals surface area contributed by atoms with Crippen molar-refractivity contribution < 1.29 is 5.11 Å².